The fourth-order valence-electron chi connectivity index (χ4n) is 2.89. The summed E-state index contributed by atoms with van der Waals surface area (Å²) in [7, 11) is 1.97. The van der Waals surface area contributed by atoms with Gasteiger partial charge in [0, 0.05) is 6.04 Å². The van der Waals surface area contributed by atoms with E-state index in [0.717, 1.165) is 12.8 Å². The Morgan fingerprint density at radius 3 is 1.67 bits per heavy atom. The summed E-state index contributed by atoms with van der Waals surface area (Å²) >= 11 is 0. The van der Waals surface area contributed by atoms with Crippen LogP contribution in [0.5, 0.6) is 0 Å². The second-order valence-corrected chi connectivity index (χ2v) is 6.37. The van der Waals surface area contributed by atoms with Crippen LogP contribution in [0, 0.1) is 0 Å². The first kappa shape index (κ1) is 20.4. The van der Waals surface area contributed by atoms with Gasteiger partial charge < -0.3 is 5.11 Å². The van der Waals surface area contributed by atoms with Crippen molar-refractivity contribution in [1.82, 2.24) is 4.90 Å². The van der Waals surface area contributed by atoms with Gasteiger partial charge in [-0.25, -0.2) is 0 Å². The van der Waals surface area contributed by atoms with Crippen molar-refractivity contribution >= 4 is 5.97 Å². The minimum atomic E-state index is -0.709. The molecule has 0 aromatic carbocycles. The summed E-state index contributed by atoms with van der Waals surface area (Å²) in [4.78, 5) is 12.9. The van der Waals surface area contributed by atoms with Gasteiger partial charge in [0.1, 0.15) is 0 Å². The van der Waals surface area contributed by atoms with E-state index in [1.807, 2.05) is 11.9 Å². The summed E-state index contributed by atoms with van der Waals surface area (Å²) in [6, 6.07) is 0.448. The van der Waals surface area contributed by atoms with Crippen LogP contribution in [0.1, 0.15) is 90.9 Å². The third-order valence-corrected chi connectivity index (χ3v) is 4.29. The van der Waals surface area contributed by atoms with Gasteiger partial charge in [0.2, 0.25) is 0 Å². The van der Waals surface area contributed by atoms with Crippen LogP contribution < -0.4 is 0 Å². The van der Waals surface area contributed by atoms with Crippen molar-refractivity contribution in [1.29, 1.82) is 0 Å². The van der Waals surface area contributed by atoms with Crippen LogP contribution in [0.25, 0.3) is 0 Å². The number of rotatable bonds is 15. The maximum absolute atomic E-state index is 10.9. The molecule has 126 valence electrons. The number of unbranched alkanes of at least 4 members (excludes halogenated alkanes) is 8. The zero-order valence-electron chi connectivity index (χ0n) is 14.6. The standard InChI is InChI=1S/C18H37NO2/c1-4-6-8-10-12-14-17(19(3)16-18(20)21)15-13-11-9-7-5-2/h17H,4-16H2,1-3H3,(H,20,21). The van der Waals surface area contributed by atoms with Gasteiger partial charge in [-0.05, 0) is 19.9 Å². The Morgan fingerprint density at radius 2 is 1.29 bits per heavy atom. The van der Waals surface area contributed by atoms with Crippen LogP contribution in [0.15, 0.2) is 0 Å². The molecule has 0 fully saturated rings. The third kappa shape index (κ3) is 12.9. The monoisotopic (exact) mass is 299 g/mol. The van der Waals surface area contributed by atoms with E-state index in [0.29, 0.717) is 6.04 Å². The predicted octanol–water partition coefficient (Wildman–Crippen LogP) is 5.09. The molecule has 0 aliphatic heterocycles. The first-order valence-corrected chi connectivity index (χ1v) is 9.03. The van der Waals surface area contributed by atoms with Crippen LogP contribution in [-0.4, -0.2) is 35.6 Å². The fraction of sp³-hybridized carbons (Fsp3) is 0.944. The summed E-state index contributed by atoms with van der Waals surface area (Å²) < 4.78 is 0. The number of nitrogens with zero attached hydrogens (tertiary/aromatic N) is 1. The molecule has 21 heavy (non-hydrogen) atoms. The average Bonchev–Trinajstić information content (AvgIpc) is 2.43. The number of aliphatic carboxylic acids is 1. The highest BCUT2D eigenvalue weighted by Gasteiger charge is 2.16. The fourth-order valence-corrected chi connectivity index (χ4v) is 2.89. The molecule has 1 N–H and O–H groups in total. The minimum absolute atomic E-state index is 0.175. The number of hydrogen-bond donors (Lipinski definition) is 1. The lowest BCUT2D eigenvalue weighted by Gasteiger charge is -2.27. The SMILES string of the molecule is CCCCCCCC(CCCCCCC)N(C)CC(=O)O. The highest BCUT2D eigenvalue weighted by atomic mass is 16.4. The molecular weight excluding hydrogens is 262 g/mol. The molecular formula is C18H37NO2. The highest BCUT2D eigenvalue weighted by molar-refractivity contribution is 5.69. The van der Waals surface area contributed by atoms with Crippen molar-refractivity contribution in [3.05, 3.63) is 0 Å². The molecule has 0 aliphatic carbocycles. The first-order valence-electron chi connectivity index (χ1n) is 9.03. The average molecular weight is 299 g/mol. The van der Waals surface area contributed by atoms with E-state index in [-0.39, 0.29) is 6.54 Å². The molecule has 0 radical (unpaired) electrons. The second kappa shape index (κ2) is 14.4. The minimum Gasteiger partial charge on any atom is -0.480 e. The van der Waals surface area contributed by atoms with Crippen LogP contribution in [0.4, 0.5) is 0 Å². The van der Waals surface area contributed by atoms with Gasteiger partial charge in [0.25, 0.3) is 0 Å². The number of hydrogen-bond acceptors (Lipinski definition) is 2. The predicted molar refractivity (Wildman–Crippen MR) is 90.8 cm³/mol. The van der Waals surface area contributed by atoms with Gasteiger partial charge in [-0.3, -0.25) is 9.69 Å². The molecule has 0 saturated heterocycles. The molecule has 3 heteroatoms. The molecule has 0 bridgehead atoms. The van der Waals surface area contributed by atoms with Gasteiger partial charge >= 0.3 is 5.97 Å². The highest BCUT2D eigenvalue weighted by Crippen LogP contribution is 2.17. The molecule has 0 atom stereocenters. The largest absolute Gasteiger partial charge is 0.480 e. The molecule has 0 spiro atoms. The Hall–Kier alpha value is -0.570. The lowest BCUT2D eigenvalue weighted by Crippen LogP contribution is -2.35. The molecule has 0 heterocycles. The number of carbonyl (C=O) groups is 1. The number of carboxylic acid groups (broad SMARTS) is 1. The maximum Gasteiger partial charge on any atom is 0.317 e. The Kier molecular flexibility index (Phi) is 14.0. The van der Waals surface area contributed by atoms with Crippen molar-refractivity contribution < 1.29 is 9.90 Å². The summed E-state index contributed by atoms with van der Waals surface area (Å²) in [5, 5.41) is 8.97. The summed E-state index contributed by atoms with van der Waals surface area (Å²) in [5.74, 6) is -0.709. The van der Waals surface area contributed by atoms with Gasteiger partial charge in [-0.2, -0.15) is 0 Å². The van der Waals surface area contributed by atoms with Crippen molar-refractivity contribution in [3.63, 3.8) is 0 Å². The van der Waals surface area contributed by atoms with E-state index in [9.17, 15) is 4.79 Å². The summed E-state index contributed by atoms with van der Waals surface area (Å²) in [5.41, 5.74) is 0. The van der Waals surface area contributed by atoms with Crippen molar-refractivity contribution in [2.24, 2.45) is 0 Å². The maximum atomic E-state index is 10.9. The van der Waals surface area contributed by atoms with E-state index in [2.05, 4.69) is 13.8 Å². The van der Waals surface area contributed by atoms with Crippen molar-refractivity contribution in [2.45, 2.75) is 96.9 Å². The normalized spacial score (nSPS) is 11.5. The molecule has 0 amide bonds. The molecule has 0 aromatic heterocycles. The van der Waals surface area contributed by atoms with Gasteiger partial charge in [0.15, 0.2) is 0 Å². The van der Waals surface area contributed by atoms with E-state index in [4.69, 9.17) is 5.11 Å². The molecule has 0 rings (SSSR count). The van der Waals surface area contributed by atoms with Gasteiger partial charge in [-0.1, -0.05) is 78.1 Å². The molecule has 0 unspecified atom stereocenters. The lowest BCUT2D eigenvalue weighted by atomic mass is 9.99. The van der Waals surface area contributed by atoms with Gasteiger partial charge in [0.05, 0.1) is 6.54 Å². The Balaban J connectivity index is 3.99. The number of carboxylic acids is 1. The van der Waals surface area contributed by atoms with E-state index >= 15 is 0 Å². The molecule has 0 saturated carbocycles. The lowest BCUT2D eigenvalue weighted by molar-refractivity contribution is -0.138. The Bertz CT molecular complexity index is 229. The quantitative estimate of drug-likeness (QED) is 0.428. The van der Waals surface area contributed by atoms with Crippen LogP contribution in [0.2, 0.25) is 0 Å². The van der Waals surface area contributed by atoms with Crippen LogP contribution in [0.3, 0.4) is 0 Å². The first-order chi connectivity index (χ1) is 10.1. The molecule has 3 nitrogen and oxygen atoms in total. The van der Waals surface area contributed by atoms with E-state index in [1.165, 1.54) is 64.2 Å². The van der Waals surface area contributed by atoms with Crippen LogP contribution in [-0.2, 0) is 4.79 Å². The van der Waals surface area contributed by atoms with Gasteiger partial charge in [-0.15, -0.1) is 0 Å². The zero-order valence-corrected chi connectivity index (χ0v) is 14.6. The van der Waals surface area contributed by atoms with Crippen LogP contribution >= 0.6 is 0 Å². The third-order valence-electron chi connectivity index (χ3n) is 4.29. The van der Waals surface area contributed by atoms with Crippen molar-refractivity contribution in [3.8, 4) is 0 Å². The topological polar surface area (TPSA) is 40.5 Å². The smallest absolute Gasteiger partial charge is 0.317 e. The van der Waals surface area contributed by atoms with Crippen molar-refractivity contribution in [2.75, 3.05) is 13.6 Å². The Labute approximate surface area is 132 Å². The summed E-state index contributed by atoms with van der Waals surface area (Å²) in [6.07, 6.45) is 15.2. The number of likely N-dealkylation sites (N-methyl/N-ethyl adjacent to an activating group) is 1. The van der Waals surface area contributed by atoms with E-state index in [1.54, 1.807) is 0 Å². The zero-order chi connectivity index (χ0) is 15.9. The Morgan fingerprint density at radius 1 is 0.857 bits per heavy atom. The molecule has 0 aromatic rings. The molecule has 0 aliphatic rings. The summed E-state index contributed by atoms with van der Waals surface area (Å²) in [6.45, 7) is 4.65. The second-order valence-electron chi connectivity index (χ2n) is 6.37. The van der Waals surface area contributed by atoms with E-state index < -0.39 is 5.97 Å².